The smallest absolute Gasteiger partial charge is 0.374 e. The minimum absolute atomic E-state index is 0.0348. The summed E-state index contributed by atoms with van der Waals surface area (Å²) < 4.78 is 44.9. The normalized spacial score (nSPS) is 26.3. The van der Waals surface area contributed by atoms with Gasteiger partial charge in [0.05, 0.1) is 23.3 Å². The van der Waals surface area contributed by atoms with Crippen LogP contribution in [0.25, 0.3) is 0 Å². The monoisotopic (exact) mass is 319 g/mol. The Kier molecular flexibility index (Phi) is 4.17. The van der Waals surface area contributed by atoms with Gasteiger partial charge in [-0.05, 0) is 49.4 Å². The maximum absolute atomic E-state index is 13.0. The van der Waals surface area contributed by atoms with E-state index in [1.54, 1.807) is 0 Å². The molecule has 2 aliphatic rings. The van der Waals surface area contributed by atoms with Crippen molar-refractivity contribution in [3.05, 3.63) is 34.3 Å². The predicted octanol–water partition coefficient (Wildman–Crippen LogP) is 3.87. The topological polar surface area (TPSA) is 21.3 Å². The van der Waals surface area contributed by atoms with Crippen LogP contribution in [-0.4, -0.2) is 19.2 Å². The zero-order valence-electron chi connectivity index (χ0n) is 11.4. The Labute approximate surface area is 126 Å². The van der Waals surface area contributed by atoms with Gasteiger partial charge in [-0.3, -0.25) is 0 Å². The van der Waals surface area contributed by atoms with Crippen molar-refractivity contribution in [1.82, 2.24) is 5.32 Å². The molecule has 1 aliphatic carbocycles. The van der Waals surface area contributed by atoms with E-state index in [1.165, 1.54) is 18.2 Å². The lowest BCUT2D eigenvalue weighted by Crippen LogP contribution is -2.17. The van der Waals surface area contributed by atoms with Crippen LogP contribution in [0.15, 0.2) is 18.2 Å². The lowest BCUT2D eigenvalue weighted by atomic mass is 10.0. The molecule has 116 valence electrons. The summed E-state index contributed by atoms with van der Waals surface area (Å²) in [6.07, 6.45) is -2.53. The van der Waals surface area contributed by atoms with E-state index >= 15 is 0 Å². The third kappa shape index (κ3) is 3.20. The first-order valence-electron chi connectivity index (χ1n) is 7.12. The highest BCUT2D eigenvalue weighted by molar-refractivity contribution is 6.31. The Morgan fingerprint density at radius 1 is 1.19 bits per heavy atom. The number of benzene rings is 1. The molecule has 1 saturated heterocycles. The van der Waals surface area contributed by atoms with Gasteiger partial charge in [-0.2, -0.15) is 13.2 Å². The number of fused-ring (bicyclic) bond motifs is 1. The van der Waals surface area contributed by atoms with Gasteiger partial charge in [-0.15, -0.1) is 0 Å². The number of hydrogen-bond acceptors (Lipinski definition) is 2. The van der Waals surface area contributed by atoms with Crippen LogP contribution in [0.2, 0.25) is 5.02 Å². The van der Waals surface area contributed by atoms with E-state index in [0.717, 1.165) is 25.9 Å². The fourth-order valence-electron chi connectivity index (χ4n) is 3.46. The van der Waals surface area contributed by atoms with Crippen molar-refractivity contribution in [2.24, 2.45) is 11.8 Å². The van der Waals surface area contributed by atoms with E-state index < -0.39 is 11.7 Å². The molecule has 6 heteroatoms. The molecule has 2 fully saturated rings. The average Bonchev–Trinajstić information content (AvgIpc) is 2.95. The van der Waals surface area contributed by atoms with Crippen LogP contribution >= 0.6 is 11.6 Å². The van der Waals surface area contributed by atoms with Crippen LogP contribution in [0.5, 0.6) is 0 Å². The molecule has 1 aliphatic heterocycles. The fourth-order valence-corrected chi connectivity index (χ4v) is 3.76. The highest BCUT2D eigenvalue weighted by Gasteiger charge is 2.39. The fraction of sp³-hybridized carbons (Fsp3) is 0.600. The zero-order chi connectivity index (χ0) is 15.0. The first-order chi connectivity index (χ1) is 9.95. The highest BCUT2D eigenvalue weighted by atomic mass is 35.5. The number of hydrogen-bond donors (Lipinski definition) is 1. The second kappa shape index (κ2) is 5.78. The third-order valence-electron chi connectivity index (χ3n) is 4.47. The lowest BCUT2D eigenvalue weighted by molar-refractivity contribution is -0.139. The van der Waals surface area contributed by atoms with Gasteiger partial charge in [0, 0.05) is 0 Å². The maximum atomic E-state index is 13.0. The second-order valence-corrected chi connectivity index (χ2v) is 6.26. The molecule has 0 spiro atoms. The van der Waals surface area contributed by atoms with Crippen LogP contribution in [0.3, 0.4) is 0 Å². The molecule has 1 aromatic rings. The third-order valence-corrected chi connectivity index (χ3v) is 4.78. The highest BCUT2D eigenvalue weighted by Crippen LogP contribution is 2.39. The molecule has 2 nitrogen and oxygen atoms in total. The lowest BCUT2D eigenvalue weighted by Gasteiger charge is -2.17. The van der Waals surface area contributed by atoms with E-state index in [9.17, 15) is 13.2 Å². The van der Waals surface area contributed by atoms with Crippen molar-refractivity contribution in [2.75, 3.05) is 13.1 Å². The van der Waals surface area contributed by atoms with Gasteiger partial charge in [0.25, 0.3) is 0 Å². The summed E-state index contributed by atoms with van der Waals surface area (Å²) in [7, 11) is 0. The molecule has 0 amide bonds. The van der Waals surface area contributed by atoms with E-state index in [0.29, 0.717) is 11.8 Å². The van der Waals surface area contributed by atoms with Crippen molar-refractivity contribution < 1.29 is 17.9 Å². The van der Waals surface area contributed by atoms with Gasteiger partial charge in [0.2, 0.25) is 0 Å². The average molecular weight is 320 g/mol. The van der Waals surface area contributed by atoms with Gasteiger partial charge in [0.1, 0.15) is 0 Å². The summed E-state index contributed by atoms with van der Waals surface area (Å²) in [6, 6.07) is 4.23. The minimum Gasteiger partial charge on any atom is -0.374 e. The molecular formula is C15H17ClF3NO. The van der Waals surface area contributed by atoms with E-state index in [-0.39, 0.29) is 23.3 Å². The zero-order valence-corrected chi connectivity index (χ0v) is 12.2. The molecule has 1 aromatic carbocycles. The first kappa shape index (κ1) is 15.1. The first-order valence-corrected chi connectivity index (χ1v) is 7.50. The molecule has 1 heterocycles. The van der Waals surface area contributed by atoms with E-state index in [4.69, 9.17) is 16.3 Å². The number of rotatable bonds is 3. The second-order valence-electron chi connectivity index (χ2n) is 5.85. The number of halogens is 4. The van der Waals surface area contributed by atoms with E-state index in [1.807, 2.05) is 0 Å². The van der Waals surface area contributed by atoms with Gasteiger partial charge < -0.3 is 10.1 Å². The van der Waals surface area contributed by atoms with Crippen LogP contribution in [0.1, 0.15) is 24.0 Å². The van der Waals surface area contributed by atoms with Crippen molar-refractivity contribution in [2.45, 2.75) is 31.7 Å². The van der Waals surface area contributed by atoms with Crippen LogP contribution in [0, 0.1) is 11.8 Å². The van der Waals surface area contributed by atoms with Crippen LogP contribution in [0.4, 0.5) is 13.2 Å². The molecule has 0 unspecified atom stereocenters. The Balaban J connectivity index is 1.67. The largest absolute Gasteiger partial charge is 0.418 e. The maximum Gasteiger partial charge on any atom is 0.418 e. The molecule has 0 radical (unpaired) electrons. The molecule has 0 bridgehead atoms. The number of alkyl halides is 3. The summed E-state index contributed by atoms with van der Waals surface area (Å²) in [5, 5.41) is 3.07. The predicted molar refractivity (Wildman–Crippen MR) is 74.1 cm³/mol. The number of ether oxygens (including phenoxy) is 1. The quantitative estimate of drug-likeness (QED) is 0.913. The molecule has 1 N–H and O–H groups in total. The molecular weight excluding hydrogens is 303 g/mol. The Morgan fingerprint density at radius 2 is 1.86 bits per heavy atom. The van der Waals surface area contributed by atoms with Gasteiger partial charge >= 0.3 is 6.18 Å². The molecule has 21 heavy (non-hydrogen) atoms. The summed E-state index contributed by atoms with van der Waals surface area (Å²) in [5.74, 6) is 1.22. The Bertz CT molecular complexity index is 508. The summed E-state index contributed by atoms with van der Waals surface area (Å²) in [5.41, 5.74) is -0.656. The van der Waals surface area contributed by atoms with Gasteiger partial charge in [-0.25, -0.2) is 0 Å². The van der Waals surface area contributed by atoms with E-state index in [2.05, 4.69) is 5.32 Å². The minimum atomic E-state index is -4.45. The van der Waals surface area contributed by atoms with Crippen molar-refractivity contribution >= 4 is 11.6 Å². The molecule has 3 rings (SSSR count). The van der Waals surface area contributed by atoms with Crippen molar-refractivity contribution in [3.8, 4) is 0 Å². The van der Waals surface area contributed by atoms with Crippen molar-refractivity contribution in [3.63, 3.8) is 0 Å². The Hall–Kier alpha value is -0.780. The van der Waals surface area contributed by atoms with Gasteiger partial charge in [0.15, 0.2) is 0 Å². The summed E-state index contributed by atoms with van der Waals surface area (Å²) in [4.78, 5) is 0. The van der Waals surface area contributed by atoms with Crippen LogP contribution in [-0.2, 0) is 17.5 Å². The number of nitrogens with one attached hydrogen (secondary N) is 1. The summed E-state index contributed by atoms with van der Waals surface area (Å²) in [6.45, 7) is 1.96. The van der Waals surface area contributed by atoms with Crippen molar-refractivity contribution in [1.29, 1.82) is 0 Å². The SMILES string of the molecule is FC(F)(F)c1c(Cl)cccc1COC1C[C@@H]2CNC[C@H]2C1. The molecule has 1 saturated carbocycles. The standard InChI is InChI=1S/C15H17ClF3NO/c16-13-3-1-2-9(14(13)15(17,18)19)8-21-12-4-10-6-20-7-11(10)5-12/h1-3,10-12,20H,4-8H2/t10-,11-/m1/s1. The molecule has 0 aromatic heterocycles. The summed E-state index contributed by atoms with van der Waals surface area (Å²) >= 11 is 5.70. The van der Waals surface area contributed by atoms with Gasteiger partial charge in [-0.1, -0.05) is 23.7 Å². The molecule has 2 atom stereocenters. The Morgan fingerprint density at radius 3 is 2.48 bits per heavy atom. The van der Waals surface area contributed by atoms with Crippen LogP contribution < -0.4 is 5.32 Å².